The normalized spacial score (nSPS) is 17.8. The predicted molar refractivity (Wildman–Crippen MR) is 158 cm³/mol. The van der Waals surface area contributed by atoms with Gasteiger partial charge in [0, 0.05) is 86.5 Å². The smallest absolute Gasteiger partial charge is 0.252 e. The van der Waals surface area contributed by atoms with E-state index < -0.39 is 0 Å². The lowest BCUT2D eigenvalue weighted by Crippen LogP contribution is -2.46. The van der Waals surface area contributed by atoms with Crippen LogP contribution in [0.3, 0.4) is 0 Å². The van der Waals surface area contributed by atoms with E-state index in [-0.39, 0.29) is 5.91 Å². The van der Waals surface area contributed by atoms with Crippen LogP contribution >= 0.6 is 0 Å². The zero-order valence-corrected chi connectivity index (χ0v) is 23.9. The minimum atomic E-state index is 0.0211. The summed E-state index contributed by atoms with van der Waals surface area (Å²) in [6, 6.07) is 6.61. The highest BCUT2D eigenvalue weighted by Crippen LogP contribution is 2.46. The van der Waals surface area contributed by atoms with Gasteiger partial charge in [-0.05, 0) is 55.1 Å². The topological polar surface area (TPSA) is 79.9 Å². The maximum Gasteiger partial charge on any atom is 0.252 e. The van der Waals surface area contributed by atoms with Crippen molar-refractivity contribution in [3.8, 4) is 11.1 Å². The lowest BCUT2D eigenvalue weighted by atomic mass is 9.82. The summed E-state index contributed by atoms with van der Waals surface area (Å²) in [5, 5.41) is 14.5. The minimum Gasteiger partial charge on any atom is -0.399 e. The van der Waals surface area contributed by atoms with Crippen molar-refractivity contribution in [2.24, 2.45) is 12.2 Å². The van der Waals surface area contributed by atoms with E-state index in [4.69, 9.17) is 9.94 Å². The number of carbonyl (C=O) groups excluding carboxylic acids is 1. The molecule has 0 atom stereocenters. The molecule has 0 unspecified atom stereocenters. The molecule has 9 heteroatoms. The lowest BCUT2D eigenvalue weighted by Gasteiger charge is -2.34. The highest BCUT2D eigenvalue weighted by Gasteiger charge is 2.35. The molecule has 0 radical (unpaired) electrons. The molecule has 4 heterocycles. The summed E-state index contributed by atoms with van der Waals surface area (Å²) in [6.07, 6.45) is 3.84. The first-order valence-corrected chi connectivity index (χ1v) is 14.5. The Labute approximate surface area is 234 Å². The number of hydrogen-bond donors (Lipinski definition) is 1. The Hall–Kier alpha value is -3.69. The summed E-state index contributed by atoms with van der Waals surface area (Å²) >= 11 is 0. The number of oxime groups is 1. The molecule has 0 spiro atoms. The van der Waals surface area contributed by atoms with Gasteiger partial charge in [0.25, 0.3) is 5.91 Å². The third kappa shape index (κ3) is 3.86. The van der Waals surface area contributed by atoms with Crippen LogP contribution in [-0.4, -0.2) is 82.1 Å². The zero-order chi connectivity index (χ0) is 27.5. The highest BCUT2D eigenvalue weighted by atomic mass is 16.6. The van der Waals surface area contributed by atoms with Crippen LogP contribution < -0.4 is 5.32 Å². The van der Waals surface area contributed by atoms with Crippen LogP contribution in [0.5, 0.6) is 0 Å². The van der Waals surface area contributed by atoms with Crippen LogP contribution in [0, 0.1) is 0 Å². The summed E-state index contributed by atoms with van der Waals surface area (Å²) in [7, 11) is 3.55. The Bertz CT molecular complexity index is 1690. The van der Waals surface area contributed by atoms with Gasteiger partial charge < -0.3 is 19.6 Å². The van der Waals surface area contributed by atoms with Crippen molar-refractivity contribution in [1.82, 2.24) is 29.5 Å². The second-order valence-corrected chi connectivity index (χ2v) is 11.3. The van der Waals surface area contributed by atoms with Gasteiger partial charge in [0.05, 0.1) is 22.5 Å². The molecule has 0 bridgehead atoms. The number of nitrogens with zero attached hydrogens (tertiary/aromatic N) is 6. The molecule has 7 rings (SSSR count). The fourth-order valence-corrected chi connectivity index (χ4v) is 7.13. The van der Waals surface area contributed by atoms with Crippen molar-refractivity contribution in [3.63, 3.8) is 0 Å². The monoisotopic (exact) mass is 539 g/mol. The number of likely N-dealkylation sites (N-methyl/N-ethyl adjacent to an activating group) is 1. The molecule has 1 saturated heterocycles. The van der Waals surface area contributed by atoms with E-state index in [1.54, 1.807) is 7.11 Å². The lowest BCUT2D eigenvalue weighted by molar-refractivity contribution is 0.0966. The van der Waals surface area contributed by atoms with E-state index in [0.29, 0.717) is 6.54 Å². The molecule has 4 aromatic rings. The van der Waals surface area contributed by atoms with E-state index >= 15 is 0 Å². The molecule has 2 aliphatic heterocycles. The van der Waals surface area contributed by atoms with Gasteiger partial charge in [-0.3, -0.25) is 14.4 Å². The Balaban J connectivity index is 1.46. The Morgan fingerprint density at radius 2 is 1.88 bits per heavy atom. The fraction of sp³-hybridized carbons (Fsp3) is 0.452. The van der Waals surface area contributed by atoms with E-state index in [1.165, 1.54) is 27.4 Å². The fourth-order valence-electron chi connectivity index (χ4n) is 7.13. The van der Waals surface area contributed by atoms with Gasteiger partial charge in [-0.1, -0.05) is 18.1 Å². The molecule has 1 N–H and O–H groups in total. The molecular formula is C31H37N7O2. The second kappa shape index (κ2) is 9.74. The number of aromatic nitrogens is 3. The molecule has 3 aliphatic rings. The summed E-state index contributed by atoms with van der Waals surface area (Å²) in [5.74, 6) is 0.0211. The first-order chi connectivity index (χ1) is 19.5. The van der Waals surface area contributed by atoms with Gasteiger partial charge in [0.15, 0.2) is 0 Å². The minimum absolute atomic E-state index is 0.0211. The number of amides is 1. The molecule has 208 valence electrons. The molecule has 9 nitrogen and oxygen atoms in total. The van der Waals surface area contributed by atoms with Crippen molar-refractivity contribution >= 4 is 33.4 Å². The first-order valence-electron chi connectivity index (χ1n) is 14.5. The van der Waals surface area contributed by atoms with Gasteiger partial charge in [-0.25, -0.2) is 0 Å². The second-order valence-electron chi connectivity index (χ2n) is 11.3. The molecular weight excluding hydrogens is 502 g/mol. The number of benzene rings is 2. The van der Waals surface area contributed by atoms with Crippen molar-refractivity contribution in [3.05, 3.63) is 52.3 Å². The van der Waals surface area contributed by atoms with Crippen LogP contribution in [0.15, 0.2) is 29.6 Å². The van der Waals surface area contributed by atoms with Crippen molar-refractivity contribution in [2.45, 2.75) is 39.8 Å². The van der Waals surface area contributed by atoms with E-state index in [2.05, 4.69) is 56.2 Å². The maximum absolute atomic E-state index is 13.4. The van der Waals surface area contributed by atoms with Crippen molar-refractivity contribution in [1.29, 1.82) is 0 Å². The number of rotatable bonds is 6. The molecule has 1 amide bonds. The number of hydrogen-bond acceptors (Lipinski definition) is 6. The third-order valence-electron chi connectivity index (χ3n) is 9.14. The number of piperazine rings is 1. The molecule has 0 saturated carbocycles. The van der Waals surface area contributed by atoms with E-state index in [0.717, 1.165) is 97.9 Å². The third-order valence-corrected chi connectivity index (χ3v) is 9.14. The number of carbonyl (C=O) groups is 1. The average molecular weight is 540 g/mol. The zero-order valence-electron chi connectivity index (χ0n) is 23.9. The van der Waals surface area contributed by atoms with Crippen molar-refractivity contribution < 1.29 is 9.63 Å². The molecule has 40 heavy (non-hydrogen) atoms. The standard InChI is InChI=1S/C31H37N7O2/c1-5-36-10-12-37(13-11-36)14-15-38-26-9-6-20(19(2)34-40-4)16-22(26)28-23-17-32-31(39)29(23)27-21(30(28)38)7-8-25-24(27)18-35(3)33-25/h6,9,16,18H,5,7-8,10-15,17H2,1-4H3,(H,32,39)/b34-19+. The van der Waals surface area contributed by atoms with Crippen LogP contribution in [0.1, 0.15) is 46.6 Å². The quantitative estimate of drug-likeness (QED) is 0.300. The SMILES string of the molecule is CCN1CCN(CCn2c3ccc(/C(C)=N/OC)cc3c3c4c(c5c(c32)CCc2nn(C)cc2-5)C(=O)NC4)CC1. The highest BCUT2D eigenvalue weighted by molar-refractivity contribution is 6.20. The molecule has 1 fully saturated rings. The van der Waals surface area contributed by atoms with Gasteiger partial charge in [0.2, 0.25) is 0 Å². The Morgan fingerprint density at radius 3 is 2.65 bits per heavy atom. The summed E-state index contributed by atoms with van der Waals surface area (Å²) in [4.78, 5) is 23.6. The van der Waals surface area contributed by atoms with E-state index in [1.807, 2.05) is 18.7 Å². The largest absolute Gasteiger partial charge is 0.399 e. The Morgan fingerprint density at radius 1 is 1.07 bits per heavy atom. The van der Waals surface area contributed by atoms with Crippen LogP contribution in [0.4, 0.5) is 0 Å². The van der Waals surface area contributed by atoms with Crippen LogP contribution in [0.2, 0.25) is 0 Å². The van der Waals surface area contributed by atoms with E-state index in [9.17, 15) is 4.79 Å². The van der Waals surface area contributed by atoms with Gasteiger partial charge in [-0.2, -0.15) is 5.10 Å². The van der Waals surface area contributed by atoms with Gasteiger partial charge in [-0.15, -0.1) is 0 Å². The van der Waals surface area contributed by atoms with Crippen molar-refractivity contribution in [2.75, 3.05) is 46.4 Å². The van der Waals surface area contributed by atoms with Crippen LogP contribution in [0.25, 0.3) is 32.9 Å². The average Bonchev–Trinajstić information content (AvgIpc) is 3.64. The van der Waals surface area contributed by atoms with Crippen LogP contribution in [-0.2, 0) is 37.8 Å². The van der Waals surface area contributed by atoms with Gasteiger partial charge in [0.1, 0.15) is 7.11 Å². The maximum atomic E-state index is 13.4. The summed E-state index contributed by atoms with van der Waals surface area (Å²) in [6.45, 7) is 12.3. The first kappa shape index (κ1) is 25.3. The molecule has 2 aromatic heterocycles. The predicted octanol–water partition coefficient (Wildman–Crippen LogP) is 3.54. The molecule has 1 aliphatic carbocycles. The number of aryl methyl sites for hydroxylation is 3. The van der Waals surface area contributed by atoms with Gasteiger partial charge >= 0.3 is 0 Å². The summed E-state index contributed by atoms with van der Waals surface area (Å²) in [5.41, 5.74) is 10.9. The molecule has 2 aromatic carbocycles. The summed E-state index contributed by atoms with van der Waals surface area (Å²) < 4.78 is 4.42. The number of nitrogens with one attached hydrogen (secondary N) is 1. The number of fused-ring (bicyclic) bond motifs is 10. The Kier molecular flexibility index (Phi) is 6.16.